The number of ketones is 1. The van der Waals surface area contributed by atoms with Crippen molar-refractivity contribution in [1.82, 2.24) is 4.98 Å². The molecular formula is C16H18N2O. The lowest BCUT2D eigenvalue weighted by Gasteiger charge is -2.25. The molecule has 3 nitrogen and oxygen atoms in total. The molecule has 1 saturated carbocycles. The number of carbonyl (C=O) groups excluding carboxylic acids is 1. The highest BCUT2D eigenvalue weighted by molar-refractivity contribution is 6.03. The molecule has 2 N–H and O–H groups in total. The Kier molecular flexibility index (Phi) is 3.07. The third-order valence-corrected chi connectivity index (χ3v) is 4.30. The van der Waals surface area contributed by atoms with Gasteiger partial charge in [0.2, 0.25) is 0 Å². The largest absolute Gasteiger partial charge is 0.329 e. The van der Waals surface area contributed by atoms with Gasteiger partial charge in [-0.2, -0.15) is 0 Å². The summed E-state index contributed by atoms with van der Waals surface area (Å²) in [6.45, 7) is 0.450. The van der Waals surface area contributed by atoms with Crippen molar-refractivity contribution < 1.29 is 4.79 Å². The van der Waals surface area contributed by atoms with Gasteiger partial charge in [-0.25, -0.2) is 0 Å². The van der Waals surface area contributed by atoms with Crippen LogP contribution in [0.2, 0.25) is 0 Å². The van der Waals surface area contributed by atoms with E-state index >= 15 is 0 Å². The van der Waals surface area contributed by atoms with Crippen molar-refractivity contribution in [3.63, 3.8) is 0 Å². The molecular weight excluding hydrogens is 236 g/mol. The third-order valence-electron chi connectivity index (χ3n) is 4.30. The number of nitrogens with zero attached hydrogens (tertiary/aromatic N) is 1. The second-order valence-corrected chi connectivity index (χ2v) is 5.43. The maximum absolute atomic E-state index is 12.7. The first kappa shape index (κ1) is 12.3. The van der Waals surface area contributed by atoms with Gasteiger partial charge in [-0.05, 0) is 25.0 Å². The van der Waals surface area contributed by atoms with E-state index in [1.54, 1.807) is 6.20 Å². The molecule has 98 valence electrons. The van der Waals surface area contributed by atoms with E-state index in [-0.39, 0.29) is 11.2 Å². The Morgan fingerprint density at radius 3 is 2.79 bits per heavy atom. The average Bonchev–Trinajstić information content (AvgIpc) is 2.96. The molecule has 1 aromatic heterocycles. The van der Waals surface area contributed by atoms with Crippen LogP contribution in [0.15, 0.2) is 36.5 Å². The Hall–Kier alpha value is -1.74. The van der Waals surface area contributed by atoms with Gasteiger partial charge in [0, 0.05) is 29.1 Å². The predicted octanol–water partition coefficient (Wildman–Crippen LogP) is 2.94. The lowest BCUT2D eigenvalue weighted by Crippen LogP contribution is -2.36. The van der Waals surface area contributed by atoms with Crippen molar-refractivity contribution in [1.29, 1.82) is 0 Å². The summed E-state index contributed by atoms with van der Waals surface area (Å²) in [6, 6.07) is 9.68. The van der Waals surface area contributed by atoms with Crippen LogP contribution in [0.25, 0.3) is 10.9 Å². The summed E-state index contributed by atoms with van der Waals surface area (Å²) >= 11 is 0. The van der Waals surface area contributed by atoms with Gasteiger partial charge in [-0.1, -0.05) is 31.0 Å². The monoisotopic (exact) mass is 254 g/mol. The van der Waals surface area contributed by atoms with Gasteiger partial charge in [0.05, 0.1) is 5.52 Å². The van der Waals surface area contributed by atoms with E-state index in [0.717, 1.165) is 42.1 Å². The van der Waals surface area contributed by atoms with Crippen LogP contribution < -0.4 is 5.73 Å². The topological polar surface area (TPSA) is 56.0 Å². The van der Waals surface area contributed by atoms with Crippen molar-refractivity contribution in [2.45, 2.75) is 25.7 Å². The van der Waals surface area contributed by atoms with Crippen LogP contribution in [0.5, 0.6) is 0 Å². The molecule has 1 aliphatic rings. The van der Waals surface area contributed by atoms with Gasteiger partial charge < -0.3 is 5.73 Å². The van der Waals surface area contributed by atoms with Crippen LogP contribution in [0.4, 0.5) is 0 Å². The second kappa shape index (κ2) is 4.74. The quantitative estimate of drug-likeness (QED) is 0.857. The number of pyridine rings is 1. The molecule has 0 spiro atoms. The zero-order chi connectivity index (χ0) is 13.3. The van der Waals surface area contributed by atoms with E-state index in [0.29, 0.717) is 6.54 Å². The van der Waals surface area contributed by atoms with Gasteiger partial charge in [0.25, 0.3) is 0 Å². The fourth-order valence-electron chi connectivity index (χ4n) is 3.09. The van der Waals surface area contributed by atoms with Crippen LogP contribution in [0.1, 0.15) is 36.0 Å². The van der Waals surface area contributed by atoms with Crippen LogP contribution in [-0.2, 0) is 0 Å². The number of Topliss-reactive ketones (excluding diaryl/α,β-unsaturated/α-hetero) is 1. The molecule has 1 heterocycles. The Labute approximate surface area is 112 Å². The maximum Gasteiger partial charge on any atom is 0.170 e. The normalized spacial score (nSPS) is 17.7. The minimum absolute atomic E-state index is 0.194. The summed E-state index contributed by atoms with van der Waals surface area (Å²) in [5, 5.41) is 1.06. The Balaban J connectivity index is 2.01. The molecule has 3 heteroatoms. The van der Waals surface area contributed by atoms with Gasteiger partial charge in [-0.15, -0.1) is 0 Å². The number of hydrogen-bond acceptors (Lipinski definition) is 3. The summed E-state index contributed by atoms with van der Waals surface area (Å²) in [6.07, 6.45) is 5.81. The molecule has 0 unspecified atom stereocenters. The highest BCUT2D eigenvalue weighted by Gasteiger charge is 2.40. The molecule has 1 aromatic carbocycles. The van der Waals surface area contributed by atoms with Crippen molar-refractivity contribution in [3.05, 3.63) is 42.1 Å². The average molecular weight is 254 g/mol. The lowest BCUT2D eigenvalue weighted by atomic mass is 9.78. The number of rotatable bonds is 3. The number of aromatic nitrogens is 1. The number of nitrogens with two attached hydrogens (primary N) is 1. The van der Waals surface area contributed by atoms with E-state index in [4.69, 9.17) is 5.73 Å². The molecule has 1 aliphatic carbocycles. The van der Waals surface area contributed by atoms with E-state index in [2.05, 4.69) is 4.98 Å². The molecule has 0 aliphatic heterocycles. The number of benzene rings is 1. The van der Waals surface area contributed by atoms with Crippen LogP contribution in [-0.4, -0.2) is 17.3 Å². The summed E-state index contributed by atoms with van der Waals surface area (Å²) in [5.74, 6) is 0.194. The lowest BCUT2D eigenvalue weighted by molar-refractivity contribution is 0.0810. The van der Waals surface area contributed by atoms with E-state index in [1.165, 1.54) is 0 Å². The minimum Gasteiger partial charge on any atom is -0.329 e. The number of carbonyl (C=O) groups is 1. The first-order valence-corrected chi connectivity index (χ1v) is 6.85. The SMILES string of the molecule is NCC1(C(=O)c2ccc3cccnc3c2)CCCC1. The number of fused-ring (bicyclic) bond motifs is 1. The highest BCUT2D eigenvalue weighted by atomic mass is 16.1. The second-order valence-electron chi connectivity index (χ2n) is 5.43. The Morgan fingerprint density at radius 2 is 2.05 bits per heavy atom. The van der Waals surface area contributed by atoms with E-state index in [1.807, 2.05) is 30.3 Å². The Morgan fingerprint density at radius 1 is 1.26 bits per heavy atom. The molecule has 3 rings (SSSR count). The summed E-state index contributed by atoms with van der Waals surface area (Å²) < 4.78 is 0. The van der Waals surface area contributed by atoms with E-state index in [9.17, 15) is 4.79 Å². The van der Waals surface area contributed by atoms with Crippen molar-refractivity contribution in [2.24, 2.45) is 11.1 Å². The zero-order valence-corrected chi connectivity index (χ0v) is 10.9. The predicted molar refractivity (Wildman–Crippen MR) is 76.0 cm³/mol. The highest BCUT2D eigenvalue weighted by Crippen LogP contribution is 2.40. The van der Waals surface area contributed by atoms with Crippen LogP contribution in [0.3, 0.4) is 0 Å². The number of hydrogen-bond donors (Lipinski definition) is 1. The van der Waals surface area contributed by atoms with Crippen LogP contribution in [0, 0.1) is 5.41 Å². The van der Waals surface area contributed by atoms with Crippen molar-refractivity contribution in [2.75, 3.05) is 6.54 Å². The molecule has 0 bridgehead atoms. The van der Waals surface area contributed by atoms with Crippen molar-refractivity contribution >= 4 is 16.7 Å². The molecule has 19 heavy (non-hydrogen) atoms. The third kappa shape index (κ3) is 2.04. The van der Waals surface area contributed by atoms with Crippen LogP contribution >= 0.6 is 0 Å². The Bertz CT molecular complexity index is 615. The first-order chi connectivity index (χ1) is 9.25. The van der Waals surface area contributed by atoms with Gasteiger partial charge in [-0.3, -0.25) is 9.78 Å². The molecule has 1 fully saturated rings. The zero-order valence-electron chi connectivity index (χ0n) is 10.9. The van der Waals surface area contributed by atoms with Gasteiger partial charge >= 0.3 is 0 Å². The molecule has 0 atom stereocenters. The maximum atomic E-state index is 12.7. The smallest absolute Gasteiger partial charge is 0.170 e. The molecule has 2 aromatic rings. The minimum atomic E-state index is -0.331. The van der Waals surface area contributed by atoms with Crippen molar-refractivity contribution in [3.8, 4) is 0 Å². The fourth-order valence-corrected chi connectivity index (χ4v) is 3.09. The van der Waals surface area contributed by atoms with E-state index < -0.39 is 0 Å². The fraction of sp³-hybridized carbons (Fsp3) is 0.375. The summed E-state index contributed by atoms with van der Waals surface area (Å²) in [4.78, 5) is 17.1. The molecule has 0 radical (unpaired) electrons. The van der Waals surface area contributed by atoms with Gasteiger partial charge in [0.1, 0.15) is 0 Å². The standard InChI is InChI=1S/C16H18N2O/c17-11-16(7-1-2-8-16)15(19)13-6-5-12-4-3-9-18-14(12)10-13/h3-6,9-10H,1-2,7-8,11,17H2. The molecule has 0 amide bonds. The molecule has 0 saturated heterocycles. The summed E-state index contributed by atoms with van der Waals surface area (Å²) in [5.41, 5.74) is 7.17. The first-order valence-electron chi connectivity index (χ1n) is 6.85. The summed E-state index contributed by atoms with van der Waals surface area (Å²) in [7, 11) is 0. The van der Waals surface area contributed by atoms with Gasteiger partial charge in [0.15, 0.2) is 5.78 Å².